The molecule has 0 saturated carbocycles. The highest BCUT2D eigenvalue weighted by Crippen LogP contribution is 2.32. The Hall–Kier alpha value is -1.81. The second kappa shape index (κ2) is 5.90. The number of hydrogen-bond acceptors (Lipinski definition) is 4. The number of ether oxygens (including phenoxy) is 1. The van der Waals surface area contributed by atoms with Crippen LogP contribution < -0.4 is 4.90 Å². The van der Waals surface area contributed by atoms with Gasteiger partial charge in [0.2, 0.25) is 0 Å². The van der Waals surface area contributed by atoms with E-state index in [0.29, 0.717) is 11.6 Å². The van der Waals surface area contributed by atoms with Gasteiger partial charge in [0.15, 0.2) is 0 Å². The fourth-order valence-electron chi connectivity index (χ4n) is 2.90. The predicted molar refractivity (Wildman–Crippen MR) is 83.8 cm³/mol. The molecule has 0 radical (unpaired) electrons. The van der Waals surface area contributed by atoms with Gasteiger partial charge in [0.25, 0.3) is 0 Å². The van der Waals surface area contributed by atoms with Gasteiger partial charge in [-0.1, -0.05) is 11.6 Å². The monoisotopic (exact) mass is 304 g/mol. The van der Waals surface area contributed by atoms with Gasteiger partial charge < -0.3 is 9.64 Å². The van der Waals surface area contributed by atoms with Crippen LogP contribution in [-0.4, -0.2) is 30.1 Å². The van der Waals surface area contributed by atoms with Crippen LogP contribution in [0.1, 0.15) is 19.8 Å². The van der Waals surface area contributed by atoms with Crippen molar-refractivity contribution >= 4 is 34.2 Å². The Morgan fingerprint density at radius 3 is 3.14 bits per heavy atom. The second-order valence-electron chi connectivity index (χ2n) is 5.10. The molecule has 2 aromatic rings. The Morgan fingerprint density at radius 1 is 1.48 bits per heavy atom. The van der Waals surface area contributed by atoms with Crippen LogP contribution in [0.5, 0.6) is 0 Å². The molecule has 0 bridgehead atoms. The molecule has 3 rings (SSSR count). The standard InChI is InChI=1S/C16H17ClN2O2/c1-2-21-16(20)15-4-3-9-19(15)14-7-8-18-13-10-11(17)5-6-12(13)14/h5-8,10,15H,2-4,9H2,1H3. The zero-order chi connectivity index (χ0) is 14.8. The molecule has 1 aromatic heterocycles. The number of fused-ring (bicyclic) bond motifs is 1. The summed E-state index contributed by atoms with van der Waals surface area (Å²) in [6.07, 6.45) is 3.58. The minimum absolute atomic E-state index is 0.145. The first-order valence-corrected chi connectivity index (χ1v) is 7.56. The number of nitrogens with zero attached hydrogens (tertiary/aromatic N) is 2. The van der Waals surface area contributed by atoms with Gasteiger partial charge in [0.1, 0.15) is 6.04 Å². The van der Waals surface area contributed by atoms with E-state index < -0.39 is 0 Å². The van der Waals surface area contributed by atoms with Crippen molar-refractivity contribution in [3.8, 4) is 0 Å². The minimum atomic E-state index is -0.203. The first-order chi connectivity index (χ1) is 10.2. The molecule has 1 aromatic carbocycles. The number of halogens is 1. The smallest absolute Gasteiger partial charge is 0.328 e. The summed E-state index contributed by atoms with van der Waals surface area (Å²) in [5.74, 6) is -0.145. The van der Waals surface area contributed by atoms with E-state index in [1.165, 1.54) is 0 Å². The van der Waals surface area contributed by atoms with Gasteiger partial charge in [-0.25, -0.2) is 4.79 Å². The van der Waals surface area contributed by atoms with Gasteiger partial charge in [-0.3, -0.25) is 4.98 Å². The number of aromatic nitrogens is 1. The molecule has 0 amide bonds. The maximum Gasteiger partial charge on any atom is 0.328 e. The maximum atomic E-state index is 12.1. The van der Waals surface area contributed by atoms with Crippen molar-refractivity contribution in [3.63, 3.8) is 0 Å². The van der Waals surface area contributed by atoms with Gasteiger partial charge >= 0.3 is 5.97 Å². The topological polar surface area (TPSA) is 42.4 Å². The highest BCUT2D eigenvalue weighted by molar-refractivity contribution is 6.31. The number of anilines is 1. The van der Waals surface area contributed by atoms with E-state index in [4.69, 9.17) is 16.3 Å². The normalized spacial score (nSPS) is 18.2. The van der Waals surface area contributed by atoms with Crippen LogP contribution in [0.4, 0.5) is 5.69 Å². The van der Waals surface area contributed by atoms with Crippen LogP contribution in [0.3, 0.4) is 0 Å². The summed E-state index contributed by atoms with van der Waals surface area (Å²) in [6.45, 7) is 3.10. The molecule has 1 fully saturated rings. The fraction of sp³-hybridized carbons (Fsp3) is 0.375. The molecule has 1 atom stereocenters. The summed E-state index contributed by atoms with van der Waals surface area (Å²) in [5, 5.41) is 1.67. The predicted octanol–water partition coefficient (Wildman–Crippen LogP) is 3.42. The van der Waals surface area contributed by atoms with E-state index in [-0.39, 0.29) is 12.0 Å². The van der Waals surface area contributed by atoms with E-state index >= 15 is 0 Å². The van der Waals surface area contributed by atoms with Crippen molar-refractivity contribution in [1.82, 2.24) is 4.98 Å². The molecule has 21 heavy (non-hydrogen) atoms. The third kappa shape index (κ3) is 2.68. The molecule has 0 aliphatic carbocycles. The van der Waals surface area contributed by atoms with Crippen molar-refractivity contribution in [1.29, 1.82) is 0 Å². The summed E-state index contributed by atoms with van der Waals surface area (Å²) in [7, 11) is 0. The molecule has 0 N–H and O–H groups in total. The first-order valence-electron chi connectivity index (χ1n) is 7.18. The Balaban J connectivity index is 2.01. The van der Waals surface area contributed by atoms with Gasteiger partial charge in [-0.15, -0.1) is 0 Å². The second-order valence-corrected chi connectivity index (χ2v) is 5.53. The molecule has 5 heteroatoms. The number of benzene rings is 1. The van der Waals surface area contributed by atoms with Gasteiger partial charge in [-0.2, -0.15) is 0 Å². The van der Waals surface area contributed by atoms with Crippen LogP contribution in [0.25, 0.3) is 10.9 Å². The van der Waals surface area contributed by atoms with Crippen molar-refractivity contribution in [2.45, 2.75) is 25.8 Å². The lowest BCUT2D eigenvalue weighted by Crippen LogP contribution is -2.37. The number of esters is 1. The SMILES string of the molecule is CCOC(=O)C1CCCN1c1ccnc2cc(Cl)ccc12. The van der Waals surface area contributed by atoms with Crippen molar-refractivity contribution in [2.24, 2.45) is 0 Å². The molecule has 0 spiro atoms. The molecule has 110 valence electrons. The molecule has 1 unspecified atom stereocenters. The number of rotatable bonds is 3. The zero-order valence-electron chi connectivity index (χ0n) is 11.9. The number of carbonyl (C=O) groups is 1. The van der Waals surface area contributed by atoms with E-state index in [1.807, 2.05) is 31.2 Å². The Bertz CT molecular complexity index is 674. The Labute approximate surface area is 128 Å². The van der Waals surface area contributed by atoms with Crippen molar-refractivity contribution in [2.75, 3.05) is 18.1 Å². The van der Waals surface area contributed by atoms with E-state index in [9.17, 15) is 4.79 Å². The van der Waals surface area contributed by atoms with E-state index in [1.54, 1.807) is 6.20 Å². The molecule has 1 aliphatic rings. The van der Waals surface area contributed by atoms with E-state index in [2.05, 4.69) is 9.88 Å². The first kappa shape index (κ1) is 14.1. The molecule has 1 aliphatic heterocycles. The summed E-state index contributed by atoms with van der Waals surface area (Å²) >= 11 is 6.02. The Morgan fingerprint density at radius 2 is 2.33 bits per heavy atom. The summed E-state index contributed by atoms with van der Waals surface area (Å²) in [5.41, 5.74) is 1.86. The maximum absolute atomic E-state index is 12.1. The average molecular weight is 305 g/mol. The average Bonchev–Trinajstić information content (AvgIpc) is 2.95. The minimum Gasteiger partial charge on any atom is -0.464 e. The molecule has 2 heterocycles. The van der Waals surface area contributed by atoms with E-state index in [0.717, 1.165) is 36.0 Å². The zero-order valence-corrected chi connectivity index (χ0v) is 12.6. The van der Waals surface area contributed by atoms with Crippen LogP contribution in [-0.2, 0) is 9.53 Å². The summed E-state index contributed by atoms with van der Waals surface area (Å²) < 4.78 is 5.19. The van der Waals surface area contributed by atoms with Gasteiger partial charge in [-0.05, 0) is 44.0 Å². The highest BCUT2D eigenvalue weighted by Gasteiger charge is 2.32. The lowest BCUT2D eigenvalue weighted by Gasteiger charge is -2.26. The lowest BCUT2D eigenvalue weighted by molar-refractivity contribution is -0.144. The summed E-state index contributed by atoms with van der Waals surface area (Å²) in [4.78, 5) is 18.6. The van der Waals surface area contributed by atoms with Gasteiger partial charge in [0, 0.05) is 28.8 Å². The quantitative estimate of drug-likeness (QED) is 0.815. The third-order valence-corrected chi connectivity index (χ3v) is 4.04. The summed E-state index contributed by atoms with van der Waals surface area (Å²) in [6, 6.07) is 7.40. The Kier molecular flexibility index (Phi) is 3.97. The highest BCUT2D eigenvalue weighted by atomic mass is 35.5. The fourth-order valence-corrected chi connectivity index (χ4v) is 3.06. The van der Waals surface area contributed by atoms with Crippen LogP contribution in [0, 0.1) is 0 Å². The van der Waals surface area contributed by atoms with Crippen LogP contribution >= 0.6 is 11.6 Å². The van der Waals surface area contributed by atoms with Crippen molar-refractivity contribution in [3.05, 3.63) is 35.5 Å². The lowest BCUT2D eigenvalue weighted by atomic mass is 10.1. The number of hydrogen-bond donors (Lipinski definition) is 0. The van der Waals surface area contributed by atoms with Crippen LogP contribution in [0.2, 0.25) is 5.02 Å². The largest absolute Gasteiger partial charge is 0.464 e. The van der Waals surface area contributed by atoms with Gasteiger partial charge in [0.05, 0.1) is 12.1 Å². The third-order valence-electron chi connectivity index (χ3n) is 3.80. The number of carbonyl (C=O) groups excluding carboxylic acids is 1. The van der Waals surface area contributed by atoms with Crippen LogP contribution in [0.15, 0.2) is 30.5 Å². The number of pyridine rings is 1. The molecule has 1 saturated heterocycles. The molecule has 4 nitrogen and oxygen atoms in total. The molecular formula is C16H17ClN2O2. The molecular weight excluding hydrogens is 288 g/mol. The van der Waals surface area contributed by atoms with Crippen molar-refractivity contribution < 1.29 is 9.53 Å².